The van der Waals surface area contributed by atoms with Gasteiger partial charge in [0.25, 0.3) is 0 Å². The van der Waals surface area contributed by atoms with E-state index in [1.54, 1.807) is 23.0 Å². The predicted octanol–water partition coefficient (Wildman–Crippen LogP) is 5.85. The van der Waals surface area contributed by atoms with Crippen LogP contribution in [0.5, 0.6) is 5.75 Å². The Morgan fingerprint density at radius 2 is 1.83 bits per heavy atom. The van der Waals surface area contributed by atoms with Crippen molar-refractivity contribution in [2.45, 2.75) is 91.8 Å². The Balaban J connectivity index is 0.00000137. The summed E-state index contributed by atoms with van der Waals surface area (Å²) in [6, 6.07) is 5.73. The highest BCUT2D eigenvalue weighted by molar-refractivity contribution is 6.10. The van der Waals surface area contributed by atoms with Crippen LogP contribution in [0.2, 0.25) is 0 Å². The molecule has 2 N–H and O–H groups in total. The zero-order chi connectivity index (χ0) is 26.4. The number of phenols is 1. The highest BCUT2D eigenvalue weighted by Crippen LogP contribution is 2.31. The fourth-order valence-corrected chi connectivity index (χ4v) is 4.64. The van der Waals surface area contributed by atoms with E-state index in [9.17, 15) is 5.11 Å². The number of rotatable bonds is 5. The molecule has 35 heavy (non-hydrogen) atoms. The molecule has 192 valence electrons. The molecule has 1 aliphatic rings. The van der Waals surface area contributed by atoms with Crippen LogP contribution in [-0.4, -0.2) is 55.5 Å². The molecule has 2 heterocycles. The number of aryl methyl sites for hydroxylation is 1. The van der Waals surface area contributed by atoms with Crippen molar-refractivity contribution in [2.75, 3.05) is 7.05 Å². The van der Waals surface area contributed by atoms with E-state index >= 15 is 0 Å². The lowest BCUT2D eigenvalue weighted by Crippen LogP contribution is -2.62. The molecule has 1 aromatic carbocycles. The summed E-state index contributed by atoms with van der Waals surface area (Å²) < 4.78 is 1.73. The number of piperidine rings is 1. The van der Waals surface area contributed by atoms with Gasteiger partial charge in [-0.2, -0.15) is 5.10 Å². The van der Waals surface area contributed by atoms with Gasteiger partial charge in [0.05, 0.1) is 17.6 Å². The van der Waals surface area contributed by atoms with Crippen molar-refractivity contribution in [3.8, 4) is 11.4 Å². The second kappa shape index (κ2) is 11.7. The van der Waals surface area contributed by atoms with Crippen LogP contribution < -0.4 is 5.32 Å². The first-order valence-electron chi connectivity index (χ1n) is 12.4. The molecule has 1 fully saturated rings. The summed E-state index contributed by atoms with van der Waals surface area (Å²) in [6.45, 7) is 21.0. The van der Waals surface area contributed by atoms with Gasteiger partial charge >= 0.3 is 0 Å². The fourth-order valence-electron chi connectivity index (χ4n) is 4.64. The maximum atomic E-state index is 10.6. The Bertz CT molecular complexity index is 1050. The van der Waals surface area contributed by atoms with Crippen molar-refractivity contribution >= 4 is 11.5 Å². The van der Waals surface area contributed by atoms with Crippen molar-refractivity contribution in [1.29, 1.82) is 0 Å². The lowest BCUT2D eigenvalue weighted by atomic mass is 9.79. The highest BCUT2D eigenvalue weighted by atomic mass is 16.3. The SMILES string of the molecule is C=C/C(=N\N=C(/C)N(C)C1CC(C)(C)NC(C)(C)C1)c1ccc(-n2cc(C)cn2)cc1O.CCC. The molecule has 0 saturated carbocycles. The van der Waals surface area contributed by atoms with Crippen LogP contribution in [0.25, 0.3) is 5.69 Å². The summed E-state index contributed by atoms with van der Waals surface area (Å²) in [6.07, 6.45) is 8.59. The Morgan fingerprint density at radius 3 is 2.31 bits per heavy atom. The van der Waals surface area contributed by atoms with Gasteiger partial charge in [-0.3, -0.25) is 0 Å². The molecular weight excluding hydrogens is 436 g/mol. The molecule has 7 heteroatoms. The first-order chi connectivity index (χ1) is 16.3. The molecule has 0 spiro atoms. The molecule has 0 unspecified atom stereocenters. The van der Waals surface area contributed by atoms with Crippen molar-refractivity contribution in [2.24, 2.45) is 10.2 Å². The molecule has 7 nitrogen and oxygen atoms in total. The second-order valence-electron chi connectivity index (χ2n) is 10.8. The predicted molar refractivity (Wildman–Crippen MR) is 148 cm³/mol. The average Bonchev–Trinajstić information content (AvgIpc) is 3.19. The smallest absolute Gasteiger partial charge is 0.127 e. The van der Waals surface area contributed by atoms with E-state index in [-0.39, 0.29) is 16.8 Å². The van der Waals surface area contributed by atoms with Crippen molar-refractivity contribution in [3.63, 3.8) is 0 Å². The van der Waals surface area contributed by atoms with Crippen LogP contribution in [0.3, 0.4) is 0 Å². The van der Waals surface area contributed by atoms with Gasteiger partial charge in [0.15, 0.2) is 0 Å². The standard InChI is InChI=1S/C25H36N6O.C3H8/c1-9-22(21-11-10-19(12-23(21)32)31-16-17(2)15-26-31)28-27-18(3)30(8)20-13-24(4,5)29-25(6,7)14-20;1-3-2/h9-12,15-16,20,29,32H,1,13-14H2,2-8H3;3H2,1-2H3/b27-18+,28-22+;. The number of nitrogens with zero attached hydrogens (tertiary/aromatic N) is 5. The van der Waals surface area contributed by atoms with Gasteiger partial charge < -0.3 is 15.3 Å². The zero-order valence-electron chi connectivity index (χ0n) is 23.1. The number of phenolic OH excluding ortho intramolecular Hbond substituents is 1. The Morgan fingerprint density at radius 1 is 1.23 bits per heavy atom. The summed E-state index contributed by atoms with van der Waals surface area (Å²) in [7, 11) is 2.07. The highest BCUT2D eigenvalue weighted by Gasteiger charge is 2.39. The molecule has 0 atom stereocenters. The Kier molecular flexibility index (Phi) is 9.44. The number of hydrogen-bond donors (Lipinski definition) is 2. The number of aromatic nitrogens is 2. The number of allylic oxidation sites excluding steroid dienone is 1. The van der Waals surface area contributed by atoms with Crippen LogP contribution in [0, 0.1) is 6.92 Å². The topological polar surface area (TPSA) is 78.0 Å². The van der Waals surface area contributed by atoms with Gasteiger partial charge in [0, 0.05) is 42.0 Å². The van der Waals surface area contributed by atoms with E-state index in [0.717, 1.165) is 29.9 Å². The lowest BCUT2D eigenvalue weighted by Gasteiger charge is -2.49. The third kappa shape index (κ3) is 7.79. The van der Waals surface area contributed by atoms with Gasteiger partial charge in [0.1, 0.15) is 11.6 Å². The normalized spacial score (nSPS) is 18.0. The van der Waals surface area contributed by atoms with Crippen molar-refractivity contribution in [3.05, 3.63) is 54.4 Å². The van der Waals surface area contributed by atoms with E-state index < -0.39 is 0 Å². The Labute approximate surface area is 211 Å². The minimum absolute atomic E-state index is 0.0527. The first-order valence-corrected chi connectivity index (χ1v) is 12.4. The molecule has 0 radical (unpaired) electrons. The molecule has 1 aliphatic heterocycles. The second-order valence-corrected chi connectivity index (χ2v) is 10.8. The summed E-state index contributed by atoms with van der Waals surface area (Å²) in [5.74, 6) is 0.934. The summed E-state index contributed by atoms with van der Waals surface area (Å²) in [5.41, 5.74) is 3.03. The number of hydrogen-bond acceptors (Lipinski definition) is 5. The lowest BCUT2D eigenvalue weighted by molar-refractivity contribution is 0.113. The summed E-state index contributed by atoms with van der Waals surface area (Å²) >= 11 is 0. The third-order valence-corrected chi connectivity index (χ3v) is 5.96. The zero-order valence-corrected chi connectivity index (χ0v) is 23.1. The summed E-state index contributed by atoms with van der Waals surface area (Å²) in [4.78, 5) is 2.21. The number of amidine groups is 1. The molecule has 1 aromatic heterocycles. The van der Waals surface area contributed by atoms with Crippen LogP contribution in [0.15, 0.2) is 53.5 Å². The number of nitrogens with one attached hydrogen (secondary N) is 1. The minimum atomic E-state index is 0.0527. The van der Waals surface area contributed by atoms with E-state index in [1.165, 1.54) is 6.42 Å². The largest absolute Gasteiger partial charge is 0.507 e. The fraction of sp³-hybridized carbons (Fsp3) is 0.536. The molecule has 0 aliphatic carbocycles. The van der Waals surface area contributed by atoms with Gasteiger partial charge in [-0.1, -0.05) is 26.8 Å². The van der Waals surface area contributed by atoms with Gasteiger partial charge in [-0.15, -0.1) is 10.2 Å². The maximum absolute atomic E-state index is 10.6. The third-order valence-electron chi connectivity index (χ3n) is 5.96. The molecule has 2 aromatic rings. The Hall–Kier alpha value is -2.93. The van der Waals surface area contributed by atoms with Crippen LogP contribution in [0.1, 0.15) is 78.9 Å². The molecule has 3 rings (SSSR count). The van der Waals surface area contributed by atoms with Gasteiger partial charge in [-0.25, -0.2) is 4.68 Å². The summed E-state index contributed by atoms with van der Waals surface area (Å²) in [5, 5.41) is 27.5. The van der Waals surface area contributed by atoms with E-state index in [4.69, 9.17) is 0 Å². The van der Waals surface area contributed by atoms with E-state index in [0.29, 0.717) is 17.3 Å². The number of benzene rings is 1. The monoisotopic (exact) mass is 480 g/mol. The maximum Gasteiger partial charge on any atom is 0.127 e. The van der Waals surface area contributed by atoms with Crippen LogP contribution in [0.4, 0.5) is 0 Å². The first kappa shape index (κ1) is 28.3. The van der Waals surface area contributed by atoms with E-state index in [1.807, 2.05) is 32.2 Å². The van der Waals surface area contributed by atoms with Crippen molar-refractivity contribution < 1.29 is 5.11 Å². The molecule has 1 saturated heterocycles. The molecule has 0 amide bonds. The van der Waals surface area contributed by atoms with Crippen molar-refractivity contribution in [1.82, 2.24) is 20.0 Å². The van der Waals surface area contributed by atoms with Crippen LogP contribution >= 0.6 is 0 Å². The van der Waals surface area contributed by atoms with E-state index in [2.05, 4.69) is 80.7 Å². The molecular formula is C28H44N6O. The molecule has 0 bridgehead atoms. The quantitative estimate of drug-likeness (QED) is 0.320. The van der Waals surface area contributed by atoms with Crippen LogP contribution in [-0.2, 0) is 0 Å². The average molecular weight is 481 g/mol. The minimum Gasteiger partial charge on any atom is -0.507 e. The number of aromatic hydroxyl groups is 1. The van der Waals surface area contributed by atoms with Gasteiger partial charge in [0.2, 0.25) is 0 Å². The van der Waals surface area contributed by atoms with Gasteiger partial charge in [-0.05, 0) is 78.2 Å².